The van der Waals surface area contributed by atoms with Crippen LogP contribution in [0, 0.1) is 5.41 Å². The van der Waals surface area contributed by atoms with Crippen LogP contribution >= 0.6 is 0 Å². The van der Waals surface area contributed by atoms with Crippen LogP contribution in [0.1, 0.15) is 27.7 Å². The molecule has 0 aromatic heterocycles. The molecule has 2 amide bonds. The van der Waals surface area contributed by atoms with Crippen molar-refractivity contribution in [3.63, 3.8) is 0 Å². The highest BCUT2D eigenvalue weighted by Crippen LogP contribution is 2.13. The second-order valence-corrected chi connectivity index (χ2v) is 6.00. The van der Waals surface area contributed by atoms with Gasteiger partial charge in [-0.05, 0) is 6.92 Å². The van der Waals surface area contributed by atoms with Gasteiger partial charge in [-0.15, -0.1) is 0 Å². The van der Waals surface area contributed by atoms with Gasteiger partial charge in [-0.1, -0.05) is 20.8 Å². The second-order valence-electron chi connectivity index (χ2n) is 6.00. The Labute approximate surface area is 118 Å². The third kappa shape index (κ3) is 4.48. The first-order valence-electron chi connectivity index (χ1n) is 6.55. The molecule has 7 heteroatoms. The van der Waals surface area contributed by atoms with Crippen LogP contribution in [-0.4, -0.2) is 59.6 Å². The number of amides is 2. The molecular weight excluding hydrogens is 264 g/mol. The number of hydrogen-bond acceptors (Lipinski definition) is 4. The Morgan fingerprint density at radius 3 is 2.40 bits per heavy atom. The van der Waals surface area contributed by atoms with Crippen LogP contribution in [0.5, 0.6) is 0 Å². The number of carbonyl (C=O) groups excluding carboxylic acids is 2. The molecule has 1 aliphatic heterocycles. The van der Waals surface area contributed by atoms with E-state index in [4.69, 9.17) is 9.84 Å². The SMILES string of the molecule is C[C@@H]1CN(C(=O)CNC(=O)C(C)(C)C)CC(C(=O)O)O1. The van der Waals surface area contributed by atoms with Crippen LogP contribution in [-0.2, 0) is 19.1 Å². The van der Waals surface area contributed by atoms with Crippen molar-refractivity contribution in [3.05, 3.63) is 0 Å². The number of ether oxygens (including phenoxy) is 1. The van der Waals surface area contributed by atoms with Crippen molar-refractivity contribution in [1.29, 1.82) is 0 Å². The molecule has 1 unspecified atom stereocenters. The van der Waals surface area contributed by atoms with Gasteiger partial charge in [0, 0.05) is 12.0 Å². The van der Waals surface area contributed by atoms with E-state index in [1.807, 2.05) is 0 Å². The number of carboxylic acids is 1. The first-order chi connectivity index (χ1) is 9.11. The van der Waals surface area contributed by atoms with Gasteiger partial charge in [0.05, 0.1) is 19.2 Å². The number of carboxylic acid groups (broad SMARTS) is 1. The summed E-state index contributed by atoms with van der Waals surface area (Å²) < 4.78 is 5.23. The van der Waals surface area contributed by atoms with Crippen molar-refractivity contribution < 1.29 is 24.2 Å². The molecule has 0 aromatic carbocycles. The standard InChI is InChI=1S/C13H22N2O5/c1-8-6-15(7-9(20-8)11(17)18)10(16)5-14-12(19)13(2,3)4/h8-9H,5-7H2,1-4H3,(H,14,19)(H,17,18)/t8-,9?/m1/s1. The van der Waals surface area contributed by atoms with Gasteiger partial charge in [-0.3, -0.25) is 9.59 Å². The normalized spacial score (nSPS) is 23.3. The van der Waals surface area contributed by atoms with E-state index >= 15 is 0 Å². The third-order valence-electron chi connectivity index (χ3n) is 2.97. The van der Waals surface area contributed by atoms with Gasteiger partial charge in [-0.2, -0.15) is 0 Å². The molecule has 1 rings (SSSR count). The molecule has 0 radical (unpaired) electrons. The predicted molar refractivity (Wildman–Crippen MR) is 71.0 cm³/mol. The largest absolute Gasteiger partial charge is 0.479 e. The summed E-state index contributed by atoms with van der Waals surface area (Å²) in [6.45, 7) is 7.18. The molecule has 1 saturated heterocycles. The minimum atomic E-state index is -1.09. The lowest BCUT2D eigenvalue weighted by Gasteiger charge is -2.35. The zero-order valence-electron chi connectivity index (χ0n) is 12.3. The Morgan fingerprint density at radius 2 is 1.90 bits per heavy atom. The topological polar surface area (TPSA) is 95.9 Å². The molecule has 1 fully saturated rings. The Morgan fingerprint density at radius 1 is 1.30 bits per heavy atom. The quantitative estimate of drug-likeness (QED) is 0.752. The number of rotatable bonds is 3. The fraction of sp³-hybridized carbons (Fsp3) is 0.769. The fourth-order valence-electron chi connectivity index (χ4n) is 1.82. The molecule has 0 aliphatic carbocycles. The van der Waals surface area contributed by atoms with Crippen molar-refractivity contribution in [3.8, 4) is 0 Å². The molecule has 0 spiro atoms. The summed E-state index contributed by atoms with van der Waals surface area (Å²) in [7, 11) is 0. The van der Waals surface area contributed by atoms with Crippen molar-refractivity contribution in [2.75, 3.05) is 19.6 Å². The maximum Gasteiger partial charge on any atom is 0.334 e. The molecular formula is C13H22N2O5. The van der Waals surface area contributed by atoms with Crippen LogP contribution in [0.25, 0.3) is 0 Å². The third-order valence-corrected chi connectivity index (χ3v) is 2.97. The average Bonchev–Trinajstić information content (AvgIpc) is 2.33. The summed E-state index contributed by atoms with van der Waals surface area (Å²) in [4.78, 5) is 36.0. The van der Waals surface area contributed by atoms with Crippen LogP contribution in [0.4, 0.5) is 0 Å². The molecule has 0 aromatic rings. The lowest BCUT2D eigenvalue weighted by Crippen LogP contribution is -2.54. The first kappa shape index (κ1) is 16.4. The Bertz CT molecular complexity index is 402. The Balaban J connectivity index is 2.54. The van der Waals surface area contributed by atoms with E-state index in [-0.39, 0.29) is 31.0 Å². The van der Waals surface area contributed by atoms with Gasteiger partial charge in [-0.25, -0.2) is 4.79 Å². The van der Waals surface area contributed by atoms with E-state index in [0.717, 1.165) is 0 Å². The number of hydrogen-bond donors (Lipinski definition) is 2. The van der Waals surface area contributed by atoms with E-state index in [1.54, 1.807) is 27.7 Å². The summed E-state index contributed by atoms with van der Waals surface area (Å²) in [5.74, 6) is -1.61. The molecule has 0 bridgehead atoms. The molecule has 0 saturated carbocycles. The van der Waals surface area contributed by atoms with Gasteiger partial charge < -0.3 is 20.1 Å². The minimum Gasteiger partial charge on any atom is -0.479 e. The van der Waals surface area contributed by atoms with E-state index in [0.29, 0.717) is 6.54 Å². The number of nitrogens with zero attached hydrogens (tertiary/aromatic N) is 1. The van der Waals surface area contributed by atoms with Gasteiger partial charge in [0.2, 0.25) is 11.8 Å². The molecule has 1 heterocycles. The second kappa shape index (κ2) is 6.21. The summed E-state index contributed by atoms with van der Waals surface area (Å²) in [6.07, 6.45) is -1.35. The van der Waals surface area contributed by atoms with Crippen LogP contribution in [0.15, 0.2) is 0 Å². The molecule has 7 nitrogen and oxygen atoms in total. The highest BCUT2D eigenvalue weighted by atomic mass is 16.5. The van der Waals surface area contributed by atoms with Gasteiger partial charge in [0.15, 0.2) is 6.10 Å². The van der Waals surface area contributed by atoms with Crippen molar-refractivity contribution in [2.24, 2.45) is 5.41 Å². The molecule has 2 atom stereocenters. The van der Waals surface area contributed by atoms with Crippen LogP contribution in [0.2, 0.25) is 0 Å². The first-order valence-corrected chi connectivity index (χ1v) is 6.55. The summed E-state index contributed by atoms with van der Waals surface area (Å²) >= 11 is 0. The van der Waals surface area contributed by atoms with Crippen LogP contribution < -0.4 is 5.32 Å². The smallest absolute Gasteiger partial charge is 0.334 e. The average molecular weight is 286 g/mol. The lowest BCUT2D eigenvalue weighted by atomic mass is 9.96. The maximum absolute atomic E-state index is 12.0. The molecule has 1 aliphatic rings. The lowest BCUT2D eigenvalue weighted by molar-refractivity contribution is -0.166. The summed E-state index contributed by atoms with van der Waals surface area (Å²) in [5.41, 5.74) is -0.567. The van der Waals surface area contributed by atoms with Gasteiger partial charge in [0.1, 0.15) is 0 Å². The predicted octanol–water partition coefficient (Wildman–Crippen LogP) is -0.151. The molecule has 114 valence electrons. The Kier molecular flexibility index (Phi) is 5.10. The van der Waals surface area contributed by atoms with Crippen molar-refractivity contribution in [1.82, 2.24) is 10.2 Å². The van der Waals surface area contributed by atoms with E-state index in [2.05, 4.69) is 5.32 Å². The highest BCUT2D eigenvalue weighted by Gasteiger charge is 2.32. The minimum absolute atomic E-state index is 0.00386. The number of morpholine rings is 1. The number of carbonyl (C=O) groups is 3. The number of nitrogens with one attached hydrogen (secondary N) is 1. The zero-order chi connectivity index (χ0) is 15.5. The molecule has 20 heavy (non-hydrogen) atoms. The Hall–Kier alpha value is -1.63. The van der Waals surface area contributed by atoms with E-state index < -0.39 is 17.5 Å². The fourth-order valence-corrected chi connectivity index (χ4v) is 1.82. The van der Waals surface area contributed by atoms with Crippen molar-refractivity contribution in [2.45, 2.75) is 39.9 Å². The van der Waals surface area contributed by atoms with E-state index in [1.165, 1.54) is 4.90 Å². The zero-order valence-corrected chi connectivity index (χ0v) is 12.3. The monoisotopic (exact) mass is 286 g/mol. The molecule has 2 N–H and O–H groups in total. The van der Waals surface area contributed by atoms with Gasteiger partial charge in [0.25, 0.3) is 0 Å². The number of aliphatic carboxylic acids is 1. The van der Waals surface area contributed by atoms with Crippen LogP contribution in [0.3, 0.4) is 0 Å². The summed E-state index contributed by atoms with van der Waals surface area (Å²) in [5, 5.41) is 11.5. The highest BCUT2D eigenvalue weighted by molar-refractivity contribution is 5.87. The summed E-state index contributed by atoms with van der Waals surface area (Å²) in [6, 6.07) is 0. The van der Waals surface area contributed by atoms with Crippen molar-refractivity contribution >= 4 is 17.8 Å². The van der Waals surface area contributed by atoms with Gasteiger partial charge >= 0.3 is 5.97 Å². The maximum atomic E-state index is 12.0. The van der Waals surface area contributed by atoms with E-state index in [9.17, 15) is 14.4 Å².